The normalized spacial score (nSPS) is 11.2. The first kappa shape index (κ1) is 23.0. The van der Waals surface area contributed by atoms with Crippen LogP contribution in [0.4, 0.5) is 5.69 Å². The molecule has 3 aromatic carbocycles. The second-order valence-corrected chi connectivity index (χ2v) is 8.08. The summed E-state index contributed by atoms with van der Waals surface area (Å²) in [5, 5.41) is 9.28. The summed E-state index contributed by atoms with van der Waals surface area (Å²) in [5.41, 5.74) is 3.81. The molecule has 0 radical (unpaired) electrons. The molecular weight excluding hydrogens is 498 g/mol. The lowest BCUT2D eigenvalue weighted by molar-refractivity contribution is -0.129. The average Bonchev–Trinajstić information content (AvgIpc) is 3.37. The van der Waals surface area contributed by atoms with Gasteiger partial charge >= 0.3 is 5.97 Å². The Balaban J connectivity index is 1.33. The minimum Gasteiger partial charge on any atom is -0.465 e. The molecule has 0 saturated carbocycles. The number of halogens is 1. The number of ether oxygens (including phenoxy) is 1. The number of hydrogen-bond acceptors (Lipinski definition) is 6. The van der Waals surface area contributed by atoms with Crippen LogP contribution in [-0.4, -0.2) is 24.6 Å². The fourth-order valence-corrected chi connectivity index (χ4v) is 3.47. The monoisotopic (exact) mass is 517 g/mol. The van der Waals surface area contributed by atoms with E-state index < -0.39 is 5.97 Å². The standard InChI is InChI=1S/C26H20BrN3O4/c27-21-8-11-24(34-26(32)12-10-23-6-3-13-33-23)20(14-21)16-29-30-25(31)17-28-22-9-7-18-4-1-2-5-19(18)15-22/h1-16,28H,17H2,(H,30,31). The number of nitrogens with zero attached hydrogens (tertiary/aromatic N) is 1. The van der Waals surface area contributed by atoms with Crippen LogP contribution in [0.5, 0.6) is 5.75 Å². The molecule has 7 nitrogen and oxygen atoms in total. The van der Waals surface area contributed by atoms with Gasteiger partial charge in [-0.05, 0) is 59.3 Å². The molecule has 34 heavy (non-hydrogen) atoms. The molecule has 0 unspecified atom stereocenters. The third-order valence-corrected chi connectivity index (χ3v) is 5.20. The summed E-state index contributed by atoms with van der Waals surface area (Å²) < 4.78 is 11.3. The summed E-state index contributed by atoms with van der Waals surface area (Å²) in [7, 11) is 0. The van der Waals surface area contributed by atoms with Gasteiger partial charge in [0, 0.05) is 21.8 Å². The quantitative estimate of drug-likeness (QED) is 0.108. The van der Waals surface area contributed by atoms with E-state index in [1.165, 1.54) is 24.6 Å². The molecule has 4 aromatic rings. The SMILES string of the molecule is O=C(CNc1ccc2ccccc2c1)NN=Cc1cc(Br)ccc1OC(=O)C=Cc1ccco1. The molecule has 1 amide bonds. The second kappa shape index (κ2) is 11.1. The first-order valence-corrected chi connectivity index (χ1v) is 11.1. The highest BCUT2D eigenvalue weighted by Gasteiger charge is 2.08. The molecule has 0 saturated heterocycles. The number of fused-ring (bicyclic) bond motifs is 1. The summed E-state index contributed by atoms with van der Waals surface area (Å²) in [4.78, 5) is 24.3. The average molecular weight is 518 g/mol. The Morgan fingerprint density at radius 3 is 2.68 bits per heavy atom. The maximum Gasteiger partial charge on any atom is 0.336 e. The summed E-state index contributed by atoms with van der Waals surface area (Å²) >= 11 is 3.38. The number of rotatable bonds is 8. The maximum absolute atomic E-state index is 12.2. The van der Waals surface area contributed by atoms with Crippen molar-refractivity contribution < 1.29 is 18.7 Å². The third kappa shape index (κ3) is 6.43. The Hall–Kier alpha value is -4.17. The minimum atomic E-state index is -0.572. The van der Waals surface area contributed by atoms with E-state index in [-0.39, 0.29) is 12.5 Å². The van der Waals surface area contributed by atoms with Crippen LogP contribution in [0, 0.1) is 0 Å². The summed E-state index contributed by atoms with van der Waals surface area (Å²) in [6, 6.07) is 22.4. The zero-order chi connectivity index (χ0) is 23.8. The zero-order valence-corrected chi connectivity index (χ0v) is 19.5. The molecule has 0 aliphatic rings. The first-order chi connectivity index (χ1) is 16.6. The summed E-state index contributed by atoms with van der Waals surface area (Å²) in [6.45, 7) is 0.0492. The van der Waals surface area contributed by atoms with Crippen molar-refractivity contribution in [2.24, 2.45) is 5.10 Å². The van der Waals surface area contributed by atoms with Crippen molar-refractivity contribution in [2.45, 2.75) is 0 Å². The van der Waals surface area contributed by atoms with E-state index in [9.17, 15) is 9.59 Å². The van der Waals surface area contributed by atoms with Crippen LogP contribution < -0.4 is 15.5 Å². The molecule has 8 heteroatoms. The van der Waals surface area contributed by atoms with E-state index in [1.807, 2.05) is 42.5 Å². The van der Waals surface area contributed by atoms with E-state index in [2.05, 4.69) is 31.8 Å². The maximum atomic E-state index is 12.2. The fourth-order valence-electron chi connectivity index (χ4n) is 3.09. The zero-order valence-electron chi connectivity index (χ0n) is 17.9. The number of benzene rings is 3. The fraction of sp³-hybridized carbons (Fsp3) is 0.0385. The van der Waals surface area contributed by atoms with Crippen molar-refractivity contribution in [3.8, 4) is 5.75 Å². The van der Waals surface area contributed by atoms with Crippen LogP contribution in [0.3, 0.4) is 0 Å². The van der Waals surface area contributed by atoms with Crippen LogP contribution in [0.25, 0.3) is 16.8 Å². The number of hydrazone groups is 1. The predicted molar refractivity (Wildman–Crippen MR) is 136 cm³/mol. The molecule has 0 aliphatic carbocycles. The molecule has 4 rings (SSSR count). The molecule has 0 atom stereocenters. The number of furan rings is 1. The van der Waals surface area contributed by atoms with Gasteiger partial charge in [0.25, 0.3) is 5.91 Å². The van der Waals surface area contributed by atoms with Gasteiger partial charge in [0.05, 0.1) is 19.0 Å². The van der Waals surface area contributed by atoms with Crippen molar-refractivity contribution in [1.29, 1.82) is 0 Å². The molecule has 170 valence electrons. The van der Waals surface area contributed by atoms with E-state index in [4.69, 9.17) is 9.15 Å². The lowest BCUT2D eigenvalue weighted by atomic mass is 10.1. The number of hydrogen-bond donors (Lipinski definition) is 2. The Morgan fingerprint density at radius 2 is 1.85 bits per heavy atom. The lowest BCUT2D eigenvalue weighted by Gasteiger charge is -2.07. The van der Waals surface area contributed by atoms with Crippen molar-refractivity contribution in [3.63, 3.8) is 0 Å². The van der Waals surface area contributed by atoms with Gasteiger partial charge < -0.3 is 14.5 Å². The van der Waals surface area contributed by atoms with Gasteiger partial charge in [-0.1, -0.05) is 46.3 Å². The Bertz CT molecular complexity index is 1360. The lowest BCUT2D eigenvalue weighted by Crippen LogP contribution is -2.25. The Labute approximate surface area is 204 Å². The van der Waals surface area contributed by atoms with Gasteiger partial charge in [0.15, 0.2) is 0 Å². The molecule has 0 spiro atoms. The van der Waals surface area contributed by atoms with Crippen LogP contribution in [-0.2, 0) is 9.59 Å². The van der Waals surface area contributed by atoms with Gasteiger partial charge in [0.2, 0.25) is 0 Å². The van der Waals surface area contributed by atoms with Gasteiger partial charge in [-0.2, -0.15) is 5.10 Å². The van der Waals surface area contributed by atoms with E-state index in [1.54, 1.807) is 30.3 Å². The van der Waals surface area contributed by atoms with Crippen molar-refractivity contribution >= 4 is 56.6 Å². The van der Waals surface area contributed by atoms with E-state index in [0.717, 1.165) is 20.9 Å². The summed E-state index contributed by atoms with van der Waals surface area (Å²) in [6.07, 6.45) is 5.71. The number of amides is 1. The van der Waals surface area contributed by atoms with Crippen molar-refractivity contribution in [3.05, 3.63) is 101 Å². The highest BCUT2D eigenvalue weighted by Crippen LogP contribution is 2.22. The van der Waals surface area contributed by atoms with Crippen molar-refractivity contribution in [1.82, 2.24) is 5.43 Å². The second-order valence-electron chi connectivity index (χ2n) is 7.16. The molecule has 1 aromatic heterocycles. The largest absolute Gasteiger partial charge is 0.465 e. The van der Waals surface area contributed by atoms with Crippen molar-refractivity contribution in [2.75, 3.05) is 11.9 Å². The minimum absolute atomic E-state index is 0.0492. The molecule has 1 heterocycles. The smallest absolute Gasteiger partial charge is 0.336 e. The van der Waals surface area contributed by atoms with Crippen LogP contribution in [0.15, 0.2) is 99.1 Å². The van der Waals surface area contributed by atoms with Crippen LogP contribution in [0.2, 0.25) is 0 Å². The molecule has 0 bridgehead atoms. The number of nitrogens with one attached hydrogen (secondary N) is 2. The molecular formula is C26H20BrN3O4. The number of carbonyl (C=O) groups excluding carboxylic acids is 2. The topological polar surface area (TPSA) is 92.9 Å². The highest BCUT2D eigenvalue weighted by atomic mass is 79.9. The van der Waals surface area contributed by atoms with E-state index >= 15 is 0 Å². The van der Waals surface area contributed by atoms with Gasteiger partial charge in [-0.3, -0.25) is 4.79 Å². The van der Waals surface area contributed by atoms with Gasteiger partial charge in [0.1, 0.15) is 11.5 Å². The molecule has 0 aliphatic heterocycles. The van der Waals surface area contributed by atoms with Crippen LogP contribution >= 0.6 is 15.9 Å². The first-order valence-electron chi connectivity index (χ1n) is 10.3. The Morgan fingerprint density at radius 1 is 1.00 bits per heavy atom. The van der Waals surface area contributed by atoms with E-state index in [0.29, 0.717) is 17.1 Å². The number of esters is 1. The van der Waals surface area contributed by atoms with Gasteiger partial charge in [-0.15, -0.1) is 0 Å². The number of anilines is 1. The predicted octanol–water partition coefficient (Wildman–Crippen LogP) is 5.38. The number of carbonyl (C=O) groups is 2. The molecule has 0 fully saturated rings. The molecule has 2 N–H and O–H groups in total. The highest BCUT2D eigenvalue weighted by molar-refractivity contribution is 9.10. The van der Waals surface area contributed by atoms with Gasteiger partial charge in [-0.25, -0.2) is 10.2 Å². The van der Waals surface area contributed by atoms with Crippen LogP contribution in [0.1, 0.15) is 11.3 Å². The Kier molecular flexibility index (Phi) is 7.52. The third-order valence-electron chi connectivity index (χ3n) is 4.70. The summed E-state index contributed by atoms with van der Waals surface area (Å²) in [5.74, 6) is -0.0598.